The zero-order valence-corrected chi connectivity index (χ0v) is 9.68. The van der Waals surface area contributed by atoms with Crippen LogP contribution in [0.2, 0.25) is 0 Å². The average molecular weight is 216 g/mol. The van der Waals surface area contributed by atoms with Crippen LogP contribution in [-0.4, -0.2) is 24.4 Å². The van der Waals surface area contributed by atoms with E-state index in [1.54, 1.807) is 0 Å². The molecule has 3 rings (SSSR count). The van der Waals surface area contributed by atoms with Crippen molar-refractivity contribution in [3.63, 3.8) is 0 Å². The molecule has 3 heteroatoms. The number of aldehydes is 1. The maximum Gasteiger partial charge on any atom is 0.151 e. The summed E-state index contributed by atoms with van der Waals surface area (Å²) in [6, 6.07) is 3.84. The molecule has 16 heavy (non-hydrogen) atoms. The topological polar surface area (TPSA) is 33.2 Å². The summed E-state index contributed by atoms with van der Waals surface area (Å²) in [5.74, 6) is 3.70. The first-order valence-electron chi connectivity index (χ1n) is 5.88. The number of carbonyl (C=O) groups is 1. The molecule has 1 aromatic heterocycles. The standard InChI is InChI=1S/C13H16N2O/c1-8-11-5-15(6-12(8)11)13-4-3-10(7-16)9(2)14-13/h3-4,7-8,11-12H,5-6H2,1-2H3/t8-,11-,12+. The van der Waals surface area contributed by atoms with Crippen molar-refractivity contribution in [1.82, 2.24) is 4.98 Å². The van der Waals surface area contributed by atoms with E-state index in [9.17, 15) is 4.79 Å². The minimum atomic E-state index is 0.696. The van der Waals surface area contributed by atoms with E-state index in [0.717, 1.165) is 48.6 Å². The smallest absolute Gasteiger partial charge is 0.151 e. The van der Waals surface area contributed by atoms with Crippen molar-refractivity contribution in [3.8, 4) is 0 Å². The van der Waals surface area contributed by atoms with Crippen LogP contribution in [0.5, 0.6) is 0 Å². The summed E-state index contributed by atoms with van der Waals surface area (Å²) in [6.07, 6.45) is 0.871. The van der Waals surface area contributed by atoms with Crippen molar-refractivity contribution in [2.75, 3.05) is 18.0 Å². The van der Waals surface area contributed by atoms with Gasteiger partial charge in [-0.05, 0) is 36.8 Å². The van der Waals surface area contributed by atoms with Gasteiger partial charge in [-0.3, -0.25) is 4.79 Å². The molecular formula is C13H16N2O. The van der Waals surface area contributed by atoms with E-state index in [2.05, 4.69) is 16.8 Å². The first-order chi connectivity index (χ1) is 7.70. The lowest BCUT2D eigenvalue weighted by Gasteiger charge is -2.20. The van der Waals surface area contributed by atoms with Crippen LogP contribution in [0.1, 0.15) is 23.0 Å². The lowest BCUT2D eigenvalue weighted by molar-refractivity contribution is 0.112. The molecule has 1 aromatic rings. The van der Waals surface area contributed by atoms with Gasteiger partial charge in [0.05, 0.1) is 5.69 Å². The normalized spacial score (nSPS) is 31.4. The van der Waals surface area contributed by atoms with E-state index in [0.29, 0.717) is 5.56 Å². The molecule has 2 heterocycles. The van der Waals surface area contributed by atoms with E-state index in [4.69, 9.17) is 0 Å². The van der Waals surface area contributed by atoms with E-state index < -0.39 is 0 Å². The molecule has 1 saturated carbocycles. The Morgan fingerprint density at radius 2 is 2.06 bits per heavy atom. The van der Waals surface area contributed by atoms with Gasteiger partial charge in [0.15, 0.2) is 6.29 Å². The van der Waals surface area contributed by atoms with Crippen LogP contribution in [0, 0.1) is 24.7 Å². The van der Waals surface area contributed by atoms with Gasteiger partial charge in [-0.15, -0.1) is 0 Å². The van der Waals surface area contributed by atoms with Crippen LogP contribution in [0.4, 0.5) is 5.82 Å². The SMILES string of the molecule is Cc1nc(N2C[C@@H]3[C@@H](C)[C@@H]3C2)ccc1C=O. The zero-order valence-electron chi connectivity index (χ0n) is 9.68. The monoisotopic (exact) mass is 216 g/mol. The fraction of sp³-hybridized carbons (Fsp3) is 0.538. The summed E-state index contributed by atoms with van der Waals surface area (Å²) in [6.45, 7) is 6.50. The maximum atomic E-state index is 10.7. The molecule has 0 amide bonds. The third-order valence-electron chi connectivity index (χ3n) is 4.19. The number of carbonyl (C=O) groups excluding carboxylic acids is 1. The first kappa shape index (κ1) is 9.82. The van der Waals surface area contributed by atoms with Crippen LogP contribution >= 0.6 is 0 Å². The lowest BCUT2D eigenvalue weighted by atomic mass is 10.2. The number of aromatic nitrogens is 1. The third-order valence-corrected chi connectivity index (χ3v) is 4.19. The molecule has 0 unspecified atom stereocenters. The van der Waals surface area contributed by atoms with Gasteiger partial charge in [0, 0.05) is 18.7 Å². The van der Waals surface area contributed by atoms with Gasteiger partial charge >= 0.3 is 0 Å². The van der Waals surface area contributed by atoms with E-state index in [1.807, 2.05) is 19.1 Å². The second kappa shape index (κ2) is 3.30. The summed E-state index contributed by atoms with van der Waals surface area (Å²) in [4.78, 5) is 17.6. The Labute approximate surface area is 95.5 Å². The van der Waals surface area contributed by atoms with Gasteiger partial charge in [-0.25, -0.2) is 4.98 Å². The predicted octanol–water partition coefficient (Wildman–Crippen LogP) is 1.90. The maximum absolute atomic E-state index is 10.7. The number of fused-ring (bicyclic) bond motifs is 1. The molecule has 0 N–H and O–H groups in total. The first-order valence-corrected chi connectivity index (χ1v) is 5.88. The van der Waals surface area contributed by atoms with Gasteiger partial charge in [-0.1, -0.05) is 6.92 Å². The molecule has 0 radical (unpaired) electrons. The largest absolute Gasteiger partial charge is 0.356 e. The van der Waals surface area contributed by atoms with E-state index in [-0.39, 0.29) is 0 Å². The fourth-order valence-electron chi connectivity index (χ4n) is 2.87. The van der Waals surface area contributed by atoms with Crippen LogP contribution in [0.3, 0.4) is 0 Å². The van der Waals surface area contributed by atoms with Crippen LogP contribution < -0.4 is 4.90 Å². The van der Waals surface area contributed by atoms with E-state index in [1.165, 1.54) is 0 Å². The summed E-state index contributed by atoms with van der Waals surface area (Å²) in [5.41, 5.74) is 1.53. The molecular weight excluding hydrogens is 200 g/mol. The summed E-state index contributed by atoms with van der Waals surface area (Å²) < 4.78 is 0. The molecule has 2 aliphatic rings. The molecule has 0 spiro atoms. The highest BCUT2D eigenvalue weighted by Gasteiger charge is 2.52. The zero-order chi connectivity index (χ0) is 11.3. The molecule has 2 fully saturated rings. The second-order valence-electron chi connectivity index (χ2n) is 5.05. The fourth-order valence-corrected chi connectivity index (χ4v) is 2.87. The summed E-state index contributed by atoms with van der Waals surface area (Å²) in [5, 5.41) is 0. The van der Waals surface area contributed by atoms with Crippen molar-refractivity contribution < 1.29 is 4.79 Å². The van der Waals surface area contributed by atoms with Gasteiger partial charge in [0.2, 0.25) is 0 Å². The number of piperidine rings is 1. The minimum absolute atomic E-state index is 0.696. The Morgan fingerprint density at radius 1 is 1.38 bits per heavy atom. The molecule has 3 nitrogen and oxygen atoms in total. The molecule has 3 atom stereocenters. The Hall–Kier alpha value is -1.38. The van der Waals surface area contributed by atoms with Crippen molar-refractivity contribution in [3.05, 3.63) is 23.4 Å². The molecule has 84 valence electrons. The van der Waals surface area contributed by atoms with Gasteiger partial charge < -0.3 is 4.90 Å². The average Bonchev–Trinajstić information content (AvgIpc) is 2.75. The lowest BCUT2D eigenvalue weighted by Crippen LogP contribution is -2.24. The number of pyridine rings is 1. The highest BCUT2D eigenvalue weighted by Crippen LogP contribution is 2.51. The molecule has 1 saturated heterocycles. The third kappa shape index (κ3) is 1.34. The number of anilines is 1. The molecule has 1 aliphatic heterocycles. The Morgan fingerprint density at radius 3 is 2.62 bits per heavy atom. The molecule has 1 aliphatic carbocycles. The quantitative estimate of drug-likeness (QED) is 0.708. The molecule has 0 aromatic carbocycles. The van der Waals surface area contributed by atoms with Gasteiger partial charge in [-0.2, -0.15) is 0 Å². The Bertz CT molecular complexity index is 432. The Kier molecular flexibility index (Phi) is 2.03. The predicted molar refractivity (Wildman–Crippen MR) is 62.7 cm³/mol. The highest BCUT2D eigenvalue weighted by atomic mass is 16.1. The molecule has 0 bridgehead atoms. The van der Waals surface area contributed by atoms with Crippen LogP contribution in [0.15, 0.2) is 12.1 Å². The van der Waals surface area contributed by atoms with Gasteiger partial charge in [0.1, 0.15) is 5.82 Å². The Balaban J connectivity index is 1.81. The second-order valence-corrected chi connectivity index (χ2v) is 5.05. The van der Waals surface area contributed by atoms with Crippen LogP contribution in [0.25, 0.3) is 0 Å². The van der Waals surface area contributed by atoms with Crippen LogP contribution in [-0.2, 0) is 0 Å². The van der Waals surface area contributed by atoms with E-state index >= 15 is 0 Å². The van der Waals surface area contributed by atoms with Crippen molar-refractivity contribution in [2.24, 2.45) is 17.8 Å². The number of aryl methyl sites for hydroxylation is 1. The summed E-state index contributed by atoms with van der Waals surface area (Å²) >= 11 is 0. The number of hydrogen-bond donors (Lipinski definition) is 0. The summed E-state index contributed by atoms with van der Waals surface area (Å²) in [7, 11) is 0. The number of rotatable bonds is 2. The number of hydrogen-bond acceptors (Lipinski definition) is 3. The van der Waals surface area contributed by atoms with Crippen molar-refractivity contribution >= 4 is 12.1 Å². The minimum Gasteiger partial charge on any atom is -0.356 e. The highest BCUT2D eigenvalue weighted by molar-refractivity contribution is 5.76. The van der Waals surface area contributed by atoms with Crippen molar-refractivity contribution in [2.45, 2.75) is 13.8 Å². The van der Waals surface area contributed by atoms with Gasteiger partial charge in [0.25, 0.3) is 0 Å². The number of nitrogens with zero attached hydrogens (tertiary/aromatic N) is 2. The van der Waals surface area contributed by atoms with Crippen molar-refractivity contribution in [1.29, 1.82) is 0 Å².